The van der Waals surface area contributed by atoms with Crippen LogP contribution in [-0.2, 0) is 17.9 Å². The Hall–Kier alpha value is -2.89. The topological polar surface area (TPSA) is 65.5 Å². The van der Waals surface area contributed by atoms with E-state index in [-0.39, 0.29) is 18.3 Å². The fourth-order valence-electron chi connectivity index (χ4n) is 2.18. The summed E-state index contributed by atoms with van der Waals surface area (Å²) in [5.74, 6) is 0.117. The number of carbonyl (C=O) groups is 1. The Labute approximate surface area is 147 Å². The highest BCUT2D eigenvalue weighted by atomic mass is 19.1. The molecule has 0 saturated heterocycles. The largest absolute Gasteiger partial charge is 0.352 e. The van der Waals surface area contributed by atoms with Gasteiger partial charge >= 0.3 is 0 Å². The number of rotatable bonds is 6. The van der Waals surface area contributed by atoms with Crippen LogP contribution in [0.1, 0.15) is 16.7 Å². The van der Waals surface area contributed by atoms with Crippen molar-refractivity contribution in [3.8, 4) is 0 Å². The highest BCUT2D eigenvalue weighted by Gasteiger charge is 2.05. The van der Waals surface area contributed by atoms with E-state index >= 15 is 0 Å². The van der Waals surface area contributed by atoms with Gasteiger partial charge in [0, 0.05) is 20.1 Å². The average molecular weight is 342 g/mol. The molecule has 5 nitrogen and oxygen atoms in total. The Morgan fingerprint density at radius 2 is 1.72 bits per heavy atom. The molecule has 0 fully saturated rings. The summed E-state index contributed by atoms with van der Waals surface area (Å²) in [6.07, 6.45) is 0. The summed E-state index contributed by atoms with van der Waals surface area (Å²) in [4.78, 5) is 15.9. The summed E-state index contributed by atoms with van der Waals surface area (Å²) >= 11 is 0. The van der Waals surface area contributed by atoms with Crippen molar-refractivity contribution in [1.82, 2.24) is 16.0 Å². The van der Waals surface area contributed by atoms with E-state index in [1.165, 1.54) is 6.07 Å². The van der Waals surface area contributed by atoms with Gasteiger partial charge in [-0.1, -0.05) is 42.5 Å². The van der Waals surface area contributed by atoms with Crippen molar-refractivity contribution in [2.45, 2.75) is 20.0 Å². The minimum atomic E-state index is -0.234. The molecule has 0 saturated carbocycles. The zero-order valence-electron chi connectivity index (χ0n) is 14.5. The molecule has 0 atom stereocenters. The number of nitrogens with one attached hydrogen (secondary N) is 3. The van der Waals surface area contributed by atoms with Crippen molar-refractivity contribution in [2.75, 3.05) is 13.6 Å². The number of benzene rings is 2. The van der Waals surface area contributed by atoms with Gasteiger partial charge in [-0.15, -0.1) is 0 Å². The summed E-state index contributed by atoms with van der Waals surface area (Å²) in [5, 5.41) is 8.82. The van der Waals surface area contributed by atoms with E-state index in [2.05, 4.69) is 20.9 Å². The van der Waals surface area contributed by atoms with Gasteiger partial charge in [-0.25, -0.2) is 4.39 Å². The Balaban J connectivity index is 1.74. The number of guanidine groups is 1. The van der Waals surface area contributed by atoms with Gasteiger partial charge in [0.05, 0.1) is 6.54 Å². The molecule has 0 heterocycles. The average Bonchev–Trinajstić information content (AvgIpc) is 2.63. The maximum absolute atomic E-state index is 13.5. The second kappa shape index (κ2) is 9.42. The summed E-state index contributed by atoms with van der Waals surface area (Å²) in [7, 11) is 1.62. The highest BCUT2D eigenvalue weighted by molar-refractivity contribution is 5.86. The number of hydrogen-bond acceptors (Lipinski definition) is 2. The fraction of sp³-hybridized carbons (Fsp3) is 0.263. The molecule has 0 spiro atoms. The lowest BCUT2D eigenvalue weighted by atomic mass is 10.1. The third-order valence-electron chi connectivity index (χ3n) is 3.67. The van der Waals surface area contributed by atoms with Crippen molar-refractivity contribution in [3.63, 3.8) is 0 Å². The van der Waals surface area contributed by atoms with Crippen LogP contribution in [0.5, 0.6) is 0 Å². The molecule has 1 amide bonds. The van der Waals surface area contributed by atoms with Gasteiger partial charge < -0.3 is 16.0 Å². The third-order valence-corrected chi connectivity index (χ3v) is 3.67. The standard InChI is InChI=1S/C19H23FN4O/c1-14-8-9-16(10-17(14)20)12-23-19(21-2)24-13-18(25)22-11-15-6-4-3-5-7-15/h3-10H,11-13H2,1-2H3,(H,22,25)(H2,21,23,24). The lowest BCUT2D eigenvalue weighted by Crippen LogP contribution is -2.42. The maximum Gasteiger partial charge on any atom is 0.239 e. The van der Waals surface area contributed by atoms with Crippen LogP contribution < -0.4 is 16.0 Å². The van der Waals surface area contributed by atoms with Gasteiger partial charge in [-0.05, 0) is 29.7 Å². The van der Waals surface area contributed by atoms with E-state index in [0.29, 0.717) is 24.6 Å². The molecule has 0 aliphatic heterocycles. The monoisotopic (exact) mass is 342 g/mol. The molecular formula is C19H23FN4O. The van der Waals surface area contributed by atoms with Crippen LogP contribution in [-0.4, -0.2) is 25.5 Å². The maximum atomic E-state index is 13.5. The van der Waals surface area contributed by atoms with Crippen LogP contribution in [0, 0.1) is 12.7 Å². The quantitative estimate of drug-likeness (QED) is 0.556. The Kier molecular flexibility index (Phi) is 6.95. The molecular weight excluding hydrogens is 319 g/mol. The first-order valence-electron chi connectivity index (χ1n) is 8.08. The molecule has 0 radical (unpaired) electrons. The fourth-order valence-corrected chi connectivity index (χ4v) is 2.18. The number of amides is 1. The van der Waals surface area contributed by atoms with Crippen LogP contribution in [0.3, 0.4) is 0 Å². The number of aryl methyl sites for hydroxylation is 1. The van der Waals surface area contributed by atoms with E-state index in [9.17, 15) is 9.18 Å². The SMILES string of the molecule is CN=C(NCC(=O)NCc1ccccc1)NCc1ccc(C)c(F)c1. The van der Waals surface area contributed by atoms with Crippen molar-refractivity contribution in [3.05, 3.63) is 71.0 Å². The van der Waals surface area contributed by atoms with E-state index in [4.69, 9.17) is 0 Å². The van der Waals surface area contributed by atoms with Crippen LogP contribution >= 0.6 is 0 Å². The van der Waals surface area contributed by atoms with Gasteiger partial charge in [-0.3, -0.25) is 9.79 Å². The zero-order chi connectivity index (χ0) is 18.1. The minimum Gasteiger partial charge on any atom is -0.352 e. The summed E-state index contributed by atoms with van der Waals surface area (Å²) in [5.41, 5.74) is 2.46. The van der Waals surface area contributed by atoms with Gasteiger partial charge in [0.15, 0.2) is 5.96 Å². The van der Waals surface area contributed by atoms with Gasteiger partial charge in [-0.2, -0.15) is 0 Å². The lowest BCUT2D eigenvalue weighted by molar-refractivity contribution is -0.120. The highest BCUT2D eigenvalue weighted by Crippen LogP contribution is 2.08. The summed E-state index contributed by atoms with van der Waals surface area (Å²) in [6, 6.07) is 14.8. The van der Waals surface area contributed by atoms with E-state index in [1.54, 1.807) is 20.0 Å². The molecule has 0 aromatic heterocycles. The molecule has 0 bridgehead atoms. The molecule has 2 aromatic rings. The zero-order valence-corrected chi connectivity index (χ0v) is 14.5. The predicted molar refractivity (Wildman–Crippen MR) is 97.6 cm³/mol. The molecule has 0 aliphatic carbocycles. The van der Waals surface area contributed by atoms with E-state index in [0.717, 1.165) is 11.1 Å². The number of halogens is 1. The summed E-state index contributed by atoms with van der Waals surface area (Å²) in [6.45, 7) is 2.73. The number of carbonyl (C=O) groups excluding carboxylic acids is 1. The second-order valence-electron chi connectivity index (χ2n) is 5.63. The Morgan fingerprint density at radius 1 is 1.00 bits per heavy atom. The third kappa shape index (κ3) is 6.25. The minimum absolute atomic E-state index is 0.106. The Bertz CT molecular complexity index is 731. The van der Waals surface area contributed by atoms with Crippen molar-refractivity contribution < 1.29 is 9.18 Å². The molecule has 2 rings (SSSR count). The van der Waals surface area contributed by atoms with Crippen LogP contribution in [0.25, 0.3) is 0 Å². The number of nitrogens with zero attached hydrogens (tertiary/aromatic N) is 1. The molecule has 3 N–H and O–H groups in total. The smallest absolute Gasteiger partial charge is 0.239 e. The molecule has 132 valence electrons. The molecule has 0 aliphatic rings. The van der Waals surface area contributed by atoms with Gasteiger partial charge in [0.25, 0.3) is 0 Å². The van der Waals surface area contributed by atoms with Gasteiger partial charge in [0.1, 0.15) is 5.82 Å². The normalized spacial score (nSPS) is 11.1. The molecule has 2 aromatic carbocycles. The van der Waals surface area contributed by atoms with Crippen molar-refractivity contribution in [2.24, 2.45) is 4.99 Å². The van der Waals surface area contributed by atoms with E-state index in [1.807, 2.05) is 36.4 Å². The Morgan fingerprint density at radius 3 is 2.40 bits per heavy atom. The number of aliphatic imine (C=N–C) groups is 1. The molecule has 0 unspecified atom stereocenters. The van der Waals surface area contributed by atoms with Crippen LogP contribution in [0.4, 0.5) is 4.39 Å². The predicted octanol–water partition coefficient (Wildman–Crippen LogP) is 2.12. The first-order chi connectivity index (χ1) is 12.1. The summed E-state index contributed by atoms with van der Waals surface area (Å²) < 4.78 is 13.5. The van der Waals surface area contributed by atoms with Crippen molar-refractivity contribution >= 4 is 11.9 Å². The van der Waals surface area contributed by atoms with Crippen LogP contribution in [0.2, 0.25) is 0 Å². The van der Waals surface area contributed by atoms with E-state index < -0.39 is 0 Å². The lowest BCUT2D eigenvalue weighted by Gasteiger charge is -2.12. The van der Waals surface area contributed by atoms with Crippen molar-refractivity contribution in [1.29, 1.82) is 0 Å². The van der Waals surface area contributed by atoms with Gasteiger partial charge in [0.2, 0.25) is 5.91 Å². The first-order valence-corrected chi connectivity index (χ1v) is 8.08. The number of hydrogen-bond donors (Lipinski definition) is 3. The molecule has 6 heteroatoms. The first kappa shape index (κ1) is 18.4. The second-order valence-corrected chi connectivity index (χ2v) is 5.63. The van der Waals surface area contributed by atoms with Crippen LogP contribution in [0.15, 0.2) is 53.5 Å². The molecule has 25 heavy (non-hydrogen) atoms.